The summed E-state index contributed by atoms with van der Waals surface area (Å²) in [5.74, 6) is -1.65. The predicted molar refractivity (Wildman–Crippen MR) is 140 cm³/mol. The van der Waals surface area contributed by atoms with E-state index in [0.717, 1.165) is 5.56 Å². The van der Waals surface area contributed by atoms with Gasteiger partial charge < -0.3 is 15.0 Å². The van der Waals surface area contributed by atoms with Crippen LogP contribution in [-0.2, 0) is 31.0 Å². The molecule has 38 heavy (non-hydrogen) atoms. The number of ether oxygens (including phenoxy) is 1. The molecule has 0 saturated carbocycles. The van der Waals surface area contributed by atoms with E-state index in [0.29, 0.717) is 17.8 Å². The van der Waals surface area contributed by atoms with Crippen molar-refractivity contribution in [1.29, 1.82) is 0 Å². The van der Waals surface area contributed by atoms with Gasteiger partial charge in [-0.1, -0.05) is 30.3 Å². The Balaban J connectivity index is 1.31. The fraction of sp³-hybridized carbons (Fsp3) is 0.333. The highest BCUT2D eigenvalue weighted by Crippen LogP contribution is 2.54. The van der Waals surface area contributed by atoms with Crippen LogP contribution in [0.15, 0.2) is 59.4 Å². The molecule has 3 heterocycles. The molecule has 0 spiro atoms. The van der Waals surface area contributed by atoms with Crippen molar-refractivity contribution in [2.75, 3.05) is 11.1 Å². The van der Waals surface area contributed by atoms with E-state index in [-0.39, 0.29) is 29.6 Å². The molecule has 0 bridgehead atoms. The van der Waals surface area contributed by atoms with Gasteiger partial charge in [-0.2, -0.15) is 0 Å². The number of hydrogen-bond donors (Lipinski definition) is 1. The minimum Gasteiger partial charge on any atom is -0.451 e. The van der Waals surface area contributed by atoms with Crippen LogP contribution in [0.5, 0.6) is 0 Å². The molecule has 3 aromatic rings. The number of hydrogen-bond acceptors (Lipinski definition) is 6. The summed E-state index contributed by atoms with van der Waals surface area (Å²) in [6, 6.07) is 14.0. The molecule has 2 aliphatic heterocycles. The van der Waals surface area contributed by atoms with E-state index in [2.05, 4.69) is 5.32 Å². The Bertz CT molecular complexity index is 1470. The molecule has 3 atom stereocenters. The number of amides is 2. The molecule has 198 valence electrons. The highest BCUT2D eigenvalue weighted by molar-refractivity contribution is 8.00. The monoisotopic (exact) mass is 538 g/mol. The van der Waals surface area contributed by atoms with Crippen LogP contribution >= 0.6 is 11.8 Å². The maximum Gasteiger partial charge on any atom is 0.330 e. The number of anilines is 1. The third kappa shape index (κ3) is 4.20. The molecule has 0 aliphatic carbocycles. The SMILES string of the molecule is Cc1c(NC(=O)[C@H](C)OC(=O)[C@H]2CS[C@@]3(c4ccc(F)cc4)CCC(=O)N23)c(=O)n(-c2ccccc2)n1C. The maximum atomic E-state index is 13.5. The Morgan fingerprint density at radius 3 is 2.50 bits per heavy atom. The smallest absolute Gasteiger partial charge is 0.330 e. The molecule has 11 heteroatoms. The van der Waals surface area contributed by atoms with Gasteiger partial charge >= 0.3 is 5.97 Å². The van der Waals surface area contributed by atoms with Crippen LogP contribution in [-0.4, -0.2) is 49.9 Å². The molecule has 0 radical (unpaired) electrons. The number of nitrogens with one attached hydrogen (secondary N) is 1. The fourth-order valence-electron chi connectivity index (χ4n) is 5.07. The van der Waals surface area contributed by atoms with Crippen molar-refractivity contribution in [3.8, 4) is 5.69 Å². The lowest BCUT2D eigenvalue weighted by atomic mass is 10.0. The number of para-hydroxylation sites is 1. The van der Waals surface area contributed by atoms with Crippen molar-refractivity contribution in [1.82, 2.24) is 14.3 Å². The number of fused-ring (bicyclic) bond motifs is 1. The van der Waals surface area contributed by atoms with Gasteiger partial charge in [0, 0.05) is 19.2 Å². The van der Waals surface area contributed by atoms with Gasteiger partial charge in [-0.05, 0) is 50.1 Å². The highest BCUT2D eigenvalue weighted by atomic mass is 32.2. The van der Waals surface area contributed by atoms with E-state index >= 15 is 0 Å². The fourth-order valence-corrected chi connectivity index (χ4v) is 6.71. The minimum atomic E-state index is -1.21. The zero-order valence-corrected chi connectivity index (χ0v) is 22.0. The van der Waals surface area contributed by atoms with Crippen LogP contribution in [0.4, 0.5) is 10.1 Å². The second-order valence-corrected chi connectivity index (χ2v) is 10.7. The summed E-state index contributed by atoms with van der Waals surface area (Å²) in [6.45, 7) is 3.12. The highest BCUT2D eigenvalue weighted by Gasteiger charge is 2.57. The first kappa shape index (κ1) is 25.8. The van der Waals surface area contributed by atoms with E-state index in [4.69, 9.17) is 4.74 Å². The van der Waals surface area contributed by atoms with Crippen LogP contribution in [0.3, 0.4) is 0 Å². The Kier molecular flexibility index (Phi) is 6.64. The Hall–Kier alpha value is -3.86. The Labute approximate surface area is 222 Å². The number of rotatable bonds is 6. The first-order chi connectivity index (χ1) is 18.1. The average molecular weight is 539 g/mol. The molecule has 9 nitrogen and oxygen atoms in total. The summed E-state index contributed by atoms with van der Waals surface area (Å²) >= 11 is 1.44. The normalized spacial score (nSPS) is 21.3. The van der Waals surface area contributed by atoms with E-state index in [1.54, 1.807) is 55.1 Å². The zero-order chi connectivity index (χ0) is 27.2. The Morgan fingerprint density at radius 2 is 1.82 bits per heavy atom. The van der Waals surface area contributed by atoms with Crippen LogP contribution in [0.25, 0.3) is 5.69 Å². The largest absolute Gasteiger partial charge is 0.451 e. The molecule has 1 N–H and O–H groups in total. The number of carbonyl (C=O) groups is 3. The molecule has 2 amide bonds. The van der Waals surface area contributed by atoms with Gasteiger partial charge in [0.25, 0.3) is 11.5 Å². The van der Waals surface area contributed by atoms with Crippen molar-refractivity contribution < 1.29 is 23.5 Å². The number of nitrogens with zero attached hydrogens (tertiary/aromatic N) is 3. The third-order valence-electron chi connectivity index (χ3n) is 7.16. The number of thioether (sulfide) groups is 1. The first-order valence-corrected chi connectivity index (χ1v) is 13.2. The summed E-state index contributed by atoms with van der Waals surface area (Å²) in [6.07, 6.45) is -0.469. The van der Waals surface area contributed by atoms with Crippen LogP contribution < -0.4 is 10.9 Å². The molecular weight excluding hydrogens is 511 g/mol. The topological polar surface area (TPSA) is 103 Å². The molecular formula is C27H27FN4O5S. The van der Waals surface area contributed by atoms with Crippen molar-refractivity contribution in [2.24, 2.45) is 7.05 Å². The zero-order valence-electron chi connectivity index (χ0n) is 21.1. The summed E-state index contributed by atoms with van der Waals surface area (Å²) in [4.78, 5) is 52.8. The van der Waals surface area contributed by atoms with Gasteiger partial charge in [0.05, 0.1) is 11.4 Å². The van der Waals surface area contributed by atoms with E-state index in [9.17, 15) is 23.6 Å². The lowest BCUT2D eigenvalue weighted by molar-refractivity contribution is -0.160. The molecule has 1 aromatic heterocycles. The number of benzene rings is 2. The van der Waals surface area contributed by atoms with Crippen molar-refractivity contribution in [2.45, 2.75) is 43.7 Å². The van der Waals surface area contributed by atoms with Gasteiger partial charge in [0.2, 0.25) is 5.91 Å². The quantitative estimate of drug-likeness (QED) is 0.484. The molecule has 0 unspecified atom stereocenters. The number of halogens is 1. The lowest BCUT2D eigenvalue weighted by Crippen LogP contribution is -2.48. The molecule has 2 saturated heterocycles. The molecule has 2 aliphatic rings. The molecule has 5 rings (SSSR count). The second kappa shape index (κ2) is 9.79. The molecule has 2 fully saturated rings. The standard InChI is InChI=1S/C27H27FN4O5S/c1-16-23(25(35)32(30(16)3)20-7-5-4-6-8-20)29-24(34)17(2)37-26(36)21-15-38-27(14-13-22(33)31(21)27)18-9-11-19(28)12-10-18/h4-12,17,21H,13-15H2,1-3H3,(H,29,34)/t17-,21+,27+/m0/s1. The van der Waals surface area contributed by atoms with Gasteiger partial charge in [0.1, 0.15) is 22.4 Å². The van der Waals surface area contributed by atoms with Crippen LogP contribution in [0, 0.1) is 12.7 Å². The van der Waals surface area contributed by atoms with E-state index < -0.39 is 34.5 Å². The average Bonchev–Trinajstić information content (AvgIpc) is 3.52. The lowest BCUT2D eigenvalue weighted by Gasteiger charge is -2.33. The third-order valence-corrected chi connectivity index (χ3v) is 8.76. The summed E-state index contributed by atoms with van der Waals surface area (Å²) in [5, 5.41) is 2.61. The number of aromatic nitrogens is 2. The summed E-state index contributed by atoms with van der Waals surface area (Å²) < 4.78 is 22.1. The Morgan fingerprint density at radius 1 is 1.13 bits per heavy atom. The van der Waals surface area contributed by atoms with Crippen molar-refractivity contribution in [3.05, 3.63) is 82.0 Å². The maximum absolute atomic E-state index is 13.5. The van der Waals surface area contributed by atoms with Crippen LogP contribution in [0.1, 0.15) is 31.0 Å². The van der Waals surface area contributed by atoms with Gasteiger partial charge in [0.15, 0.2) is 6.10 Å². The van der Waals surface area contributed by atoms with Gasteiger partial charge in [-0.15, -0.1) is 11.8 Å². The van der Waals surface area contributed by atoms with Crippen LogP contribution in [0.2, 0.25) is 0 Å². The van der Waals surface area contributed by atoms with Crippen molar-refractivity contribution in [3.63, 3.8) is 0 Å². The van der Waals surface area contributed by atoms with Crippen molar-refractivity contribution >= 4 is 35.2 Å². The van der Waals surface area contributed by atoms with Gasteiger partial charge in [-0.3, -0.25) is 19.1 Å². The second-order valence-electron chi connectivity index (χ2n) is 9.39. The minimum absolute atomic E-state index is 0.0886. The summed E-state index contributed by atoms with van der Waals surface area (Å²) in [5.41, 5.74) is 1.59. The summed E-state index contributed by atoms with van der Waals surface area (Å²) in [7, 11) is 1.71. The predicted octanol–water partition coefficient (Wildman–Crippen LogP) is 3.08. The number of esters is 1. The van der Waals surface area contributed by atoms with Gasteiger partial charge in [-0.25, -0.2) is 13.9 Å². The number of carbonyl (C=O) groups excluding carboxylic acids is 3. The first-order valence-electron chi connectivity index (χ1n) is 12.2. The van der Waals surface area contributed by atoms with E-state index in [1.165, 1.54) is 40.4 Å². The van der Waals surface area contributed by atoms with E-state index in [1.807, 2.05) is 6.07 Å². The molecule has 2 aromatic carbocycles.